The molecule has 0 fully saturated rings. The van der Waals surface area contributed by atoms with Crippen molar-refractivity contribution in [1.82, 2.24) is 15.1 Å². The number of aromatic nitrogens is 2. The van der Waals surface area contributed by atoms with Crippen LogP contribution in [-0.4, -0.2) is 30.7 Å². The van der Waals surface area contributed by atoms with Gasteiger partial charge in [-0.05, 0) is 25.5 Å². The Kier molecular flexibility index (Phi) is 4.45. The van der Waals surface area contributed by atoms with E-state index in [0.29, 0.717) is 18.5 Å². The van der Waals surface area contributed by atoms with E-state index in [1.165, 1.54) is 12.3 Å². The first-order valence-corrected chi connectivity index (χ1v) is 8.53. The summed E-state index contributed by atoms with van der Waals surface area (Å²) >= 11 is 1.11. The lowest BCUT2D eigenvalue weighted by Crippen LogP contribution is -2.25. The molecule has 3 N–H and O–H groups in total. The Balaban J connectivity index is 1.91. The van der Waals surface area contributed by atoms with Crippen LogP contribution in [0.3, 0.4) is 0 Å². The van der Waals surface area contributed by atoms with Crippen molar-refractivity contribution in [1.29, 1.82) is 0 Å². The summed E-state index contributed by atoms with van der Waals surface area (Å²) in [6.07, 6.45) is 2.07. The van der Waals surface area contributed by atoms with E-state index in [0.717, 1.165) is 21.9 Å². The van der Waals surface area contributed by atoms with E-state index in [-0.39, 0.29) is 10.1 Å². The maximum Gasteiger partial charge on any atom is 0.254 e. The molecule has 2 rings (SSSR count). The molecule has 0 spiro atoms. The van der Waals surface area contributed by atoms with Crippen LogP contribution in [0, 0.1) is 6.92 Å². The van der Waals surface area contributed by atoms with Crippen LogP contribution in [0.15, 0.2) is 22.5 Å². The van der Waals surface area contributed by atoms with Gasteiger partial charge in [0.1, 0.15) is 4.21 Å². The van der Waals surface area contributed by atoms with Crippen molar-refractivity contribution in [3.05, 3.63) is 34.5 Å². The van der Waals surface area contributed by atoms with Gasteiger partial charge >= 0.3 is 0 Å². The minimum absolute atomic E-state index is 0.131. The molecule has 2 aromatic rings. The molecule has 114 valence electrons. The van der Waals surface area contributed by atoms with E-state index >= 15 is 0 Å². The van der Waals surface area contributed by atoms with E-state index in [4.69, 9.17) is 5.14 Å². The maximum atomic E-state index is 12.0. The lowest BCUT2D eigenvalue weighted by Gasteiger charge is -2.03. The molecule has 1 amide bonds. The number of amides is 1. The zero-order valence-corrected chi connectivity index (χ0v) is 13.3. The Hall–Kier alpha value is -1.71. The Labute approximate surface area is 126 Å². The molecule has 0 atom stereocenters. The van der Waals surface area contributed by atoms with Gasteiger partial charge in [0, 0.05) is 24.2 Å². The summed E-state index contributed by atoms with van der Waals surface area (Å²) in [6, 6.07) is 3.17. The second-order valence-electron chi connectivity index (χ2n) is 4.54. The first kappa shape index (κ1) is 15.7. The van der Waals surface area contributed by atoms with Crippen molar-refractivity contribution in [2.75, 3.05) is 6.54 Å². The van der Waals surface area contributed by atoms with E-state index in [2.05, 4.69) is 10.4 Å². The molecule has 7 nitrogen and oxygen atoms in total. The fourth-order valence-corrected chi connectivity index (χ4v) is 3.54. The molecule has 0 radical (unpaired) electrons. The van der Waals surface area contributed by atoms with Crippen LogP contribution in [0.25, 0.3) is 0 Å². The lowest BCUT2D eigenvalue weighted by atomic mass is 10.2. The van der Waals surface area contributed by atoms with Gasteiger partial charge in [0.2, 0.25) is 10.0 Å². The van der Waals surface area contributed by atoms with Gasteiger partial charge in [-0.15, -0.1) is 11.3 Å². The van der Waals surface area contributed by atoms with Gasteiger partial charge in [0.25, 0.3) is 5.91 Å². The van der Waals surface area contributed by atoms with Gasteiger partial charge in [-0.3, -0.25) is 9.48 Å². The fraction of sp³-hybridized carbons (Fsp3) is 0.333. The summed E-state index contributed by atoms with van der Waals surface area (Å²) in [6.45, 7) is 2.23. The topological polar surface area (TPSA) is 107 Å². The molecular formula is C12H16N4O3S2. The SMILES string of the molecule is Cc1c(C(=O)NCCc2ccc(S(N)(=O)=O)s2)cnn1C. The van der Waals surface area contributed by atoms with Crippen LogP contribution in [0.4, 0.5) is 0 Å². The number of hydrogen-bond donors (Lipinski definition) is 2. The molecule has 0 bridgehead atoms. The standard InChI is InChI=1S/C12H16N4O3S2/c1-8-10(7-15-16(8)2)12(17)14-6-5-9-3-4-11(20-9)21(13,18)19/h3-4,7H,5-6H2,1-2H3,(H,14,17)(H2,13,18,19). The quantitative estimate of drug-likeness (QED) is 0.829. The molecule has 9 heteroatoms. The Morgan fingerprint density at radius 1 is 1.48 bits per heavy atom. The Morgan fingerprint density at radius 3 is 2.71 bits per heavy atom. The van der Waals surface area contributed by atoms with Crippen LogP contribution in [0.5, 0.6) is 0 Å². The minimum Gasteiger partial charge on any atom is -0.352 e. The van der Waals surface area contributed by atoms with Crippen molar-refractivity contribution in [3.63, 3.8) is 0 Å². The summed E-state index contributed by atoms with van der Waals surface area (Å²) in [7, 11) is -1.88. The monoisotopic (exact) mass is 328 g/mol. The number of primary sulfonamides is 1. The number of nitrogens with zero attached hydrogens (tertiary/aromatic N) is 2. The molecule has 0 saturated carbocycles. The van der Waals surface area contributed by atoms with Crippen molar-refractivity contribution in [2.45, 2.75) is 17.6 Å². The normalized spacial score (nSPS) is 11.6. The van der Waals surface area contributed by atoms with Crippen LogP contribution in [0.2, 0.25) is 0 Å². The summed E-state index contributed by atoms with van der Waals surface area (Å²) in [5.74, 6) is -0.191. The molecular weight excluding hydrogens is 312 g/mol. The highest BCUT2D eigenvalue weighted by Gasteiger charge is 2.13. The second kappa shape index (κ2) is 5.96. The molecule has 0 aromatic carbocycles. The van der Waals surface area contributed by atoms with Crippen molar-refractivity contribution in [3.8, 4) is 0 Å². The summed E-state index contributed by atoms with van der Waals surface area (Å²) < 4.78 is 24.1. The summed E-state index contributed by atoms with van der Waals surface area (Å²) in [5, 5.41) is 11.8. The van der Waals surface area contributed by atoms with Crippen molar-refractivity contribution >= 4 is 27.3 Å². The van der Waals surface area contributed by atoms with Crippen molar-refractivity contribution in [2.24, 2.45) is 12.2 Å². The number of hydrogen-bond acceptors (Lipinski definition) is 5. The highest BCUT2D eigenvalue weighted by molar-refractivity contribution is 7.91. The summed E-state index contributed by atoms with van der Waals surface area (Å²) in [4.78, 5) is 12.8. The van der Waals surface area contributed by atoms with Crippen LogP contribution in [0.1, 0.15) is 20.9 Å². The molecule has 0 aliphatic heterocycles. The average Bonchev–Trinajstić information content (AvgIpc) is 2.98. The van der Waals surface area contributed by atoms with Gasteiger partial charge in [0.05, 0.1) is 11.8 Å². The van der Waals surface area contributed by atoms with E-state index in [1.54, 1.807) is 17.8 Å². The Morgan fingerprint density at radius 2 is 2.19 bits per heavy atom. The van der Waals surface area contributed by atoms with Gasteiger partial charge in [0.15, 0.2) is 0 Å². The second-order valence-corrected chi connectivity index (χ2v) is 7.50. The van der Waals surface area contributed by atoms with Crippen molar-refractivity contribution < 1.29 is 13.2 Å². The third-order valence-corrected chi connectivity index (χ3v) is 5.64. The highest BCUT2D eigenvalue weighted by Crippen LogP contribution is 2.20. The average molecular weight is 328 g/mol. The zero-order chi connectivity index (χ0) is 15.6. The number of nitrogens with one attached hydrogen (secondary N) is 1. The number of sulfonamides is 1. The smallest absolute Gasteiger partial charge is 0.254 e. The van der Waals surface area contributed by atoms with Gasteiger partial charge in [-0.25, -0.2) is 13.6 Å². The minimum atomic E-state index is -3.65. The zero-order valence-electron chi connectivity index (χ0n) is 11.7. The highest BCUT2D eigenvalue weighted by atomic mass is 32.2. The number of thiophene rings is 1. The molecule has 0 aliphatic rings. The Bertz CT molecular complexity index is 761. The predicted octanol–water partition coefficient (Wildman–Crippen LogP) is 0.410. The van der Waals surface area contributed by atoms with E-state index in [9.17, 15) is 13.2 Å². The maximum absolute atomic E-state index is 12.0. The first-order valence-electron chi connectivity index (χ1n) is 6.17. The fourth-order valence-electron chi connectivity index (χ4n) is 1.76. The largest absolute Gasteiger partial charge is 0.352 e. The number of rotatable bonds is 5. The van der Waals surface area contributed by atoms with Crippen LogP contribution < -0.4 is 10.5 Å². The van der Waals surface area contributed by atoms with Crippen LogP contribution >= 0.6 is 11.3 Å². The molecule has 0 saturated heterocycles. The summed E-state index contributed by atoms with van der Waals surface area (Å²) in [5.41, 5.74) is 1.33. The molecule has 0 unspecified atom stereocenters. The van der Waals surface area contributed by atoms with E-state index in [1.807, 2.05) is 6.92 Å². The van der Waals surface area contributed by atoms with Gasteiger partial charge in [-0.2, -0.15) is 5.10 Å². The first-order chi connectivity index (χ1) is 9.79. The molecule has 0 aliphatic carbocycles. The third-order valence-electron chi connectivity index (χ3n) is 3.05. The molecule has 2 heterocycles. The van der Waals surface area contributed by atoms with Gasteiger partial charge < -0.3 is 5.32 Å². The lowest BCUT2D eigenvalue weighted by molar-refractivity contribution is 0.0953. The number of carbonyl (C=O) groups is 1. The number of aryl methyl sites for hydroxylation is 1. The number of nitrogens with two attached hydrogens (primary N) is 1. The van der Waals surface area contributed by atoms with Crippen LogP contribution in [-0.2, 0) is 23.5 Å². The van der Waals surface area contributed by atoms with E-state index < -0.39 is 10.0 Å². The number of carbonyl (C=O) groups excluding carboxylic acids is 1. The molecule has 2 aromatic heterocycles. The predicted molar refractivity (Wildman–Crippen MR) is 79.7 cm³/mol. The third kappa shape index (κ3) is 3.69. The van der Waals surface area contributed by atoms with Gasteiger partial charge in [-0.1, -0.05) is 0 Å². The molecule has 21 heavy (non-hydrogen) atoms.